The van der Waals surface area contributed by atoms with Gasteiger partial charge in [-0.1, -0.05) is 0 Å². The Labute approximate surface area is 136 Å². The summed E-state index contributed by atoms with van der Waals surface area (Å²) in [5, 5.41) is 3.97. The predicted molar refractivity (Wildman–Crippen MR) is 87.6 cm³/mol. The van der Waals surface area contributed by atoms with Gasteiger partial charge in [0.15, 0.2) is 0 Å². The highest BCUT2D eigenvalue weighted by Crippen LogP contribution is 2.35. The number of fused-ring (bicyclic) bond motifs is 1. The van der Waals surface area contributed by atoms with Gasteiger partial charge in [0.2, 0.25) is 5.88 Å². The van der Waals surface area contributed by atoms with Crippen molar-refractivity contribution in [2.24, 2.45) is 0 Å². The number of anilines is 2. The van der Waals surface area contributed by atoms with Crippen LogP contribution in [0.1, 0.15) is 15.2 Å². The number of pyridine rings is 1. The minimum absolute atomic E-state index is 0.379. The topological polar surface area (TPSA) is 86.2 Å². The largest absolute Gasteiger partial charge is 0.480 e. The van der Waals surface area contributed by atoms with Crippen LogP contribution in [0.15, 0.2) is 24.7 Å². The molecular weight excluding hydrogens is 316 g/mol. The molecule has 0 aliphatic rings. The normalized spacial score (nSPS) is 10.6. The molecule has 0 bridgehead atoms. The average Bonchev–Trinajstić information content (AvgIpc) is 2.92. The number of thiophene rings is 1. The van der Waals surface area contributed by atoms with Gasteiger partial charge in [0.1, 0.15) is 27.5 Å². The van der Waals surface area contributed by atoms with Crippen LogP contribution >= 0.6 is 11.3 Å². The van der Waals surface area contributed by atoms with Crippen LogP contribution < -0.4 is 10.1 Å². The summed E-state index contributed by atoms with van der Waals surface area (Å²) in [6.45, 7) is 1.85. The van der Waals surface area contributed by atoms with Crippen LogP contribution in [-0.2, 0) is 4.74 Å². The number of ether oxygens (including phenoxy) is 2. The molecule has 0 aliphatic heterocycles. The van der Waals surface area contributed by atoms with E-state index in [2.05, 4.69) is 20.3 Å². The summed E-state index contributed by atoms with van der Waals surface area (Å²) >= 11 is 1.28. The second kappa shape index (κ2) is 6.17. The van der Waals surface area contributed by atoms with Crippen molar-refractivity contribution in [2.45, 2.75) is 6.92 Å². The number of hydrogen-bond acceptors (Lipinski definition) is 8. The highest BCUT2D eigenvalue weighted by Gasteiger charge is 2.20. The maximum Gasteiger partial charge on any atom is 0.348 e. The van der Waals surface area contributed by atoms with Gasteiger partial charge in [-0.25, -0.2) is 19.7 Å². The molecule has 1 N–H and O–H groups in total. The van der Waals surface area contributed by atoms with E-state index in [1.165, 1.54) is 24.8 Å². The molecule has 0 atom stereocenters. The van der Waals surface area contributed by atoms with Crippen molar-refractivity contribution < 1.29 is 14.3 Å². The standard InChI is InChI=1S/C15H14N4O3S/c1-8-10-12(19-9-5-4-6-16-13(9)21-2)17-7-18-14(10)23-11(8)15(20)22-3/h4-7H,1-3H3,(H,17,18,19). The summed E-state index contributed by atoms with van der Waals surface area (Å²) in [5.74, 6) is 0.668. The quantitative estimate of drug-likeness (QED) is 0.736. The lowest BCUT2D eigenvalue weighted by Gasteiger charge is -2.10. The zero-order valence-corrected chi connectivity index (χ0v) is 13.6. The van der Waals surface area contributed by atoms with Crippen LogP contribution in [0.25, 0.3) is 10.2 Å². The van der Waals surface area contributed by atoms with Crippen LogP contribution in [0, 0.1) is 6.92 Å². The van der Waals surface area contributed by atoms with Crippen LogP contribution in [0.5, 0.6) is 5.88 Å². The first kappa shape index (κ1) is 15.2. The summed E-state index contributed by atoms with van der Waals surface area (Å²) in [6, 6.07) is 3.63. The van der Waals surface area contributed by atoms with Gasteiger partial charge in [-0.15, -0.1) is 11.3 Å². The van der Waals surface area contributed by atoms with Crippen molar-refractivity contribution in [2.75, 3.05) is 19.5 Å². The third-order valence-electron chi connectivity index (χ3n) is 3.32. The molecule has 0 amide bonds. The number of methoxy groups -OCH3 is 2. The Hall–Kier alpha value is -2.74. The number of hydrogen-bond donors (Lipinski definition) is 1. The minimum Gasteiger partial charge on any atom is -0.480 e. The molecule has 3 heterocycles. The average molecular weight is 330 g/mol. The van der Waals surface area contributed by atoms with Crippen molar-refractivity contribution in [3.8, 4) is 5.88 Å². The lowest BCUT2D eigenvalue weighted by atomic mass is 10.2. The molecule has 3 aromatic rings. The molecule has 0 spiro atoms. The molecule has 3 rings (SSSR count). The van der Waals surface area contributed by atoms with E-state index in [0.717, 1.165) is 10.9 Å². The number of nitrogens with zero attached hydrogens (tertiary/aromatic N) is 3. The molecule has 0 saturated heterocycles. The van der Waals surface area contributed by atoms with Gasteiger partial charge in [-0.3, -0.25) is 0 Å². The molecule has 8 heteroatoms. The van der Waals surface area contributed by atoms with Crippen LogP contribution in [0.2, 0.25) is 0 Å². The van der Waals surface area contributed by atoms with Crippen LogP contribution in [0.4, 0.5) is 11.5 Å². The second-order valence-corrected chi connectivity index (χ2v) is 5.63. The summed E-state index contributed by atoms with van der Waals surface area (Å²) in [6.07, 6.45) is 3.09. The number of nitrogens with one attached hydrogen (secondary N) is 1. The van der Waals surface area contributed by atoms with Crippen molar-refractivity contribution >= 4 is 39.0 Å². The van der Waals surface area contributed by atoms with Gasteiger partial charge < -0.3 is 14.8 Å². The fourth-order valence-corrected chi connectivity index (χ4v) is 3.30. The molecule has 3 aromatic heterocycles. The van der Waals surface area contributed by atoms with Gasteiger partial charge >= 0.3 is 5.97 Å². The van der Waals surface area contributed by atoms with Crippen molar-refractivity contribution in [1.29, 1.82) is 0 Å². The lowest BCUT2D eigenvalue weighted by molar-refractivity contribution is 0.0605. The fraction of sp³-hybridized carbons (Fsp3) is 0.200. The smallest absolute Gasteiger partial charge is 0.348 e. The number of carbonyl (C=O) groups is 1. The summed E-state index contributed by atoms with van der Waals surface area (Å²) in [4.78, 5) is 25.8. The monoisotopic (exact) mass is 330 g/mol. The van der Waals surface area contributed by atoms with E-state index in [1.54, 1.807) is 19.4 Å². The second-order valence-electron chi connectivity index (χ2n) is 4.64. The Morgan fingerprint density at radius 1 is 1.26 bits per heavy atom. The summed E-state index contributed by atoms with van der Waals surface area (Å²) in [7, 11) is 2.91. The molecule has 0 radical (unpaired) electrons. The van der Waals surface area contributed by atoms with E-state index in [0.29, 0.717) is 27.1 Å². The Balaban J connectivity index is 2.11. The zero-order chi connectivity index (χ0) is 16.4. The maximum absolute atomic E-state index is 11.9. The van der Waals surface area contributed by atoms with Crippen LogP contribution in [-0.4, -0.2) is 35.1 Å². The lowest BCUT2D eigenvalue weighted by Crippen LogP contribution is -2.01. The molecule has 0 unspecified atom stereocenters. The Kier molecular flexibility index (Phi) is 4.07. The minimum atomic E-state index is -0.379. The summed E-state index contributed by atoms with van der Waals surface area (Å²) < 4.78 is 10.0. The highest BCUT2D eigenvalue weighted by molar-refractivity contribution is 7.20. The van der Waals surface area contributed by atoms with E-state index in [4.69, 9.17) is 9.47 Å². The predicted octanol–water partition coefficient (Wildman–Crippen LogP) is 2.93. The Morgan fingerprint density at radius 2 is 2.09 bits per heavy atom. The molecule has 118 valence electrons. The number of rotatable bonds is 4. The number of carbonyl (C=O) groups excluding carboxylic acids is 1. The van der Waals surface area contributed by atoms with E-state index in [1.807, 2.05) is 13.0 Å². The first-order valence-electron chi connectivity index (χ1n) is 6.74. The molecule has 0 saturated carbocycles. The molecule has 23 heavy (non-hydrogen) atoms. The van der Waals surface area contributed by atoms with Gasteiger partial charge in [0, 0.05) is 6.20 Å². The third kappa shape index (κ3) is 2.68. The molecule has 0 aliphatic carbocycles. The Bertz CT molecular complexity index is 878. The van der Waals surface area contributed by atoms with Gasteiger partial charge in [-0.05, 0) is 24.6 Å². The molecule has 7 nitrogen and oxygen atoms in total. The summed E-state index contributed by atoms with van der Waals surface area (Å²) in [5.41, 5.74) is 1.46. The molecule has 0 aromatic carbocycles. The zero-order valence-electron chi connectivity index (χ0n) is 12.8. The van der Waals surface area contributed by atoms with E-state index >= 15 is 0 Å². The van der Waals surface area contributed by atoms with Gasteiger partial charge in [0.25, 0.3) is 0 Å². The first-order valence-corrected chi connectivity index (χ1v) is 7.55. The van der Waals surface area contributed by atoms with E-state index in [-0.39, 0.29) is 5.97 Å². The maximum atomic E-state index is 11.9. The Morgan fingerprint density at radius 3 is 2.83 bits per heavy atom. The SMILES string of the molecule is COC(=O)c1sc2ncnc(Nc3cccnc3OC)c2c1C. The first-order chi connectivity index (χ1) is 11.2. The highest BCUT2D eigenvalue weighted by atomic mass is 32.1. The van der Waals surface area contributed by atoms with Gasteiger partial charge in [-0.2, -0.15) is 0 Å². The fourth-order valence-electron chi connectivity index (χ4n) is 2.23. The number of aromatic nitrogens is 3. The van der Waals surface area contributed by atoms with Crippen molar-refractivity contribution in [1.82, 2.24) is 15.0 Å². The van der Waals surface area contributed by atoms with Crippen molar-refractivity contribution in [3.05, 3.63) is 35.1 Å². The number of esters is 1. The molecular formula is C15H14N4O3S. The van der Waals surface area contributed by atoms with Crippen LogP contribution in [0.3, 0.4) is 0 Å². The van der Waals surface area contributed by atoms with E-state index in [9.17, 15) is 4.79 Å². The van der Waals surface area contributed by atoms with E-state index < -0.39 is 0 Å². The number of aryl methyl sites for hydroxylation is 1. The van der Waals surface area contributed by atoms with Crippen molar-refractivity contribution in [3.63, 3.8) is 0 Å². The van der Waals surface area contributed by atoms with Gasteiger partial charge in [0.05, 0.1) is 19.6 Å². The molecule has 0 fully saturated rings. The third-order valence-corrected chi connectivity index (χ3v) is 4.50.